The van der Waals surface area contributed by atoms with Crippen LogP contribution in [0.1, 0.15) is 80.1 Å². The quantitative estimate of drug-likeness (QED) is 0.528. The molecule has 20 heavy (non-hydrogen) atoms. The van der Waals surface area contributed by atoms with Gasteiger partial charge in [-0.1, -0.05) is 57.8 Å². The molecule has 2 aliphatic carbocycles. The highest BCUT2D eigenvalue weighted by molar-refractivity contribution is 5.55. The average molecular weight is 274 g/mol. The lowest BCUT2D eigenvalue weighted by Gasteiger charge is -2.27. The summed E-state index contributed by atoms with van der Waals surface area (Å²) >= 11 is 0. The molecule has 2 atom stereocenters. The predicted octanol–water partition coefficient (Wildman–Crippen LogP) is 6.84. The van der Waals surface area contributed by atoms with Gasteiger partial charge in [-0.05, 0) is 68.6 Å². The Hall–Kier alpha value is -0.780. The Labute approximate surface area is 127 Å². The first-order valence-electron chi connectivity index (χ1n) is 8.77. The molecule has 2 rings (SSSR count). The number of fused-ring (bicyclic) bond motifs is 1. The summed E-state index contributed by atoms with van der Waals surface area (Å²) in [7, 11) is 0. The zero-order chi connectivity index (χ0) is 15.1. The summed E-state index contributed by atoms with van der Waals surface area (Å²) in [4.78, 5) is 0. The van der Waals surface area contributed by atoms with Crippen molar-refractivity contribution in [3.63, 3.8) is 0 Å². The molecule has 0 aromatic carbocycles. The van der Waals surface area contributed by atoms with E-state index >= 15 is 0 Å². The normalized spacial score (nSPS) is 28.3. The van der Waals surface area contributed by atoms with Gasteiger partial charge in [0.05, 0.1) is 0 Å². The van der Waals surface area contributed by atoms with Gasteiger partial charge in [-0.2, -0.15) is 0 Å². The molecule has 2 aliphatic rings. The van der Waals surface area contributed by atoms with Crippen LogP contribution in [0.3, 0.4) is 0 Å². The lowest BCUT2D eigenvalue weighted by molar-refractivity contribution is 0.328. The standard InChI is InChI=1S/C18H28.C2H6/c1-5-10-14(6-2)18-13(4)16-11-8-9-12-17(16)15(18)7-3;1-2/h6-7,16-17H,5,8-12H2,1-4H3;1-2H3/b14-6-,15-7-;. The van der Waals surface area contributed by atoms with E-state index in [2.05, 4.69) is 39.8 Å². The van der Waals surface area contributed by atoms with Crippen LogP contribution in [0.2, 0.25) is 0 Å². The van der Waals surface area contributed by atoms with Crippen molar-refractivity contribution < 1.29 is 0 Å². The molecule has 0 amide bonds. The molecular formula is C20H34. The molecule has 0 heteroatoms. The Morgan fingerprint density at radius 3 is 2.20 bits per heavy atom. The largest absolute Gasteiger partial charge is 0.0838 e. The van der Waals surface area contributed by atoms with Crippen LogP contribution in [0.25, 0.3) is 0 Å². The summed E-state index contributed by atoms with van der Waals surface area (Å²) in [5, 5.41) is 0. The third-order valence-corrected chi connectivity index (χ3v) is 4.90. The van der Waals surface area contributed by atoms with Gasteiger partial charge in [0.25, 0.3) is 0 Å². The molecule has 0 saturated heterocycles. The molecule has 0 aromatic rings. The first-order chi connectivity index (χ1) is 9.74. The first-order valence-corrected chi connectivity index (χ1v) is 8.77. The van der Waals surface area contributed by atoms with Crippen molar-refractivity contribution in [1.29, 1.82) is 0 Å². The van der Waals surface area contributed by atoms with Gasteiger partial charge in [-0.25, -0.2) is 0 Å². The van der Waals surface area contributed by atoms with E-state index in [-0.39, 0.29) is 0 Å². The van der Waals surface area contributed by atoms with Gasteiger partial charge in [-0.15, -0.1) is 0 Å². The molecule has 0 nitrogen and oxygen atoms in total. The molecule has 0 radical (unpaired) electrons. The van der Waals surface area contributed by atoms with E-state index in [0.717, 1.165) is 11.8 Å². The highest BCUT2D eigenvalue weighted by atomic mass is 14.4. The summed E-state index contributed by atoms with van der Waals surface area (Å²) < 4.78 is 0. The van der Waals surface area contributed by atoms with Crippen molar-refractivity contribution in [2.45, 2.75) is 80.1 Å². The Kier molecular flexibility index (Phi) is 7.34. The Bertz CT molecular complexity index is 392. The SMILES string of the molecule is C/C=C(/CCC)C1=C(C)C2CCCCC2/C1=C/C.CC. The fourth-order valence-electron chi connectivity index (χ4n) is 4.10. The van der Waals surface area contributed by atoms with Crippen molar-refractivity contribution in [3.8, 4) is 0 Å². The average Bonchev–Trinajstić information content (AvgIpc) is 2.80. The van der Waals surface area contributed by atoms with Crippen LogP contribution in [-0.2, 0) is 0 Å². The Morgan fingerprint density at radius 2 is 1.70 bits per heavy atom. The first kappa shape index (κ1) is 17.3. The van der Waals surface area contributed by atoms with Crippen LogP contribution < -0.4 is 0 Å². The maximum Gasteiger partial charge on any atom is -0.00934 e. The number of hydrogen-bond acceptors (Lipinski definition) is 0. The lowest BCUT2D eigenvalue weighted by atomic mass is 9.77. The summed E-state index contributed by atoms with van der Waals surface area (Å²) in [5.74, 6) is 1.69. The summed E-state index contributed by atoms with van der Waals surface area (Å²) in [5.41, 5.74) is 6.59. The van der Waals surface area contributed by atoms with Crippen molar-refractivity contribution in [1.82, 2.24) is 0 Å². The van der Waals surface area contributed by atoms with E-state index in [9.17, 15) is 0 Å². The maximum absolute atomic E-state index is 2.40. The van der Waals surface area contributed by atoms with Gasteiger partial charge in [0.15, 0.2) is 0 Å². The fourth-order valence-corrected chi connectivity index (χ4v) is 4.10. The second-order valence-corrected chi connectivity index (χ2v) is 5.86. The molecule has 1 saturated carbocycles. The minimum absolute atomic E-state index is 0.838. The van der Waals surface area contributed by atoms with E-state index in [1.807, 2.05) is 13.8 Å². The summed E-state index contributed by atoms with van der Waals surface area (Å²) in [6.07, 6.45) is 12.9. The van der Waals surface area contributed by atoms with Crippen molar-refractivity contribution in [2.24, 2.45) is 11.8 Å². The van der Waals surface area contributed by atoms with Crippen LogP contribution >= 0.6 is 0 Å². The van der Waals surface area contributed by atoms with Gasteiger partial charge in [-0.3, -0.25) is 0 Å². The van der Waals surface area contributed by atoms with E-state index in [0.29, 0.717) is 0 Å². The summed E-state index contributed by atoms with van der Waals surface area (Å²) in [6.45, 7) is 13.1. The summed E-state index contributed by atoms with van der Waals surface area (Å²) in [6, 6.07) is 0. The predicted molar refractivity (Wildman–Crippen MR) is 91.9 cm³/mol. The Morgan fingerprint density at radius 1 is 1.10 bits per heavy atom. The van der Waals surface area contributed by atoms with Crippen LogP contribution in [0.4, 0.5) is 0 Å². The van der Waals surface area contributed by atoms with Gasteiger partial charge in [0.2, 0.25) is 0 Å². The minimum atomic E-state index is 0.838. The van der Waals surface area contributed by atoms with Crippen molar-refractivity contribution >= 4 is 0 Å². The van der Waals surface area contributed by atoms with E-state index < -0.39 is 0 Å². The number of rotatable bonds is 3. The molecule has 1 fully saturated rings. The smallest absolute Gasteiger partial charge is 0.00934 e. The molecule has 0 N–H and O–H groups in total. The molecule has 0 spiro atoms. The molecule has 0 heterocycles. The van der Waals surface area contributed by atoms with E-state index in [4.69, 9.17) is 0 Å². The Balaban J connectivity index is 0.000000956. The van der Waals surface area contributed by atoms with Crippen LogP contribution in [0, 0.1) is 11.8 Å². The highest BCUT2D eigenvalue weighted by Crippen LogP contribution is 2.51. The van der Waals surface area contributed by atoms with Gasteiger partial charge < -0.3 is 0 Å². The van der Waals surface area contributed by atoms with Crippen LogP contribution in [0.5, 0.6) is 0 Å². The molecule has 0 aromatic heterocycles. The molecule has 0 bridgehead atoms. The maximum atomic E-state index is 2.40. The third kappa shape index (κ3) is 3.27. The van der Waals surface area contributed by atoms with Crippen molar-refractivity contribution in [2.75, 3.05) is 0 Å². The number of hydrogen-bond donors (Lipinski definition) is 0. The van der Waals surface area contributed by atoms with Gasteiger partial charge in [0, 0.05) is 0 Å². The van der Waals surface area contributed by atoms with E-state index in [1.54, 1.807) is 22.3 Å². The molecule has 0 aliphatic heterocycles. The van der Waals surface area contributed by atoms with Gasteiger partial charge >= 0.3 is 0 Å². The van der Waals surface area contributed by atoms with Crippen molar-refractivity contribution in [3.05, 3.63) is 34.4 Å². The lowest BCUT2D eigenvalue weighted by Crippen LogP contribution is -2.16. The highest BCUT2D eigenvalue weighted by Gasteiger charge is 2.38. The zero-order valence-electron chi connectivity index (χ0n) is 14.6. The molecule has 114 valence electrons. The van der Waals surface area contributed by atoms with E-state index in [1.165, 1.54) is 38.5 Å². The second kappa shape index (κ2) is 8.49. The van der Waals surface area contributed by atoms with Crippen LogP contribution in [0.15, 0.2) is 34.4 Å². The zero-order valence-corrected chi connectivity index (χ0v) is 14.6. The monoisotopic (exact) mass is 274 g/mol. The topological polar surface area (TPSA) is 0 Å². The molecule has 2 unspecified atom stereocenters. The minimum Gasteiger partial charge on any atom is -0.0838 e. The fraction of sp³-hybridized carbons (Fsp3) is 0.700. The van der Waals surface area contributed by atoms with Gasteiger partial charge in [0.1, 0.15) is 0 Å². The third-order valence-electron chi connectivity index (χ3n) is 4.90. The molecular weight excluding hydrogens is 240 g/mol. The van der Waals surface area contributed by atoms with Crippen LogP contribution in [-0.4, -0.2) is 0 Å². The number of allylic oxidation sites excluding steroid dienone is 6. The second-order valence-electron chi connectivity index (χ2n) is 5.86.